The van der Waals surface area contributed by atoms with Crippen LogP contribution in [0.3, 0.4) is 0 Å². The normalized spacial score (nSPS) is 20.3. The summed E-state index contributed by atoms with van der Waals surface area (Å²) in [5.74, 6) is -0.154. The van der Waals surface area contributed by atoms with Gasteiger partial charge in [-0.05, 0) is 36.2 Å². The van der Waals surface area contributed by atoms with E-state index in [1.807, 2.05) is 30.3 Å². The fourth-order valence-electron chi connectivity index (χ4n) is 3.19. The predicted octanol–water partition coefficient (Wildman–Crippen LogP) is 3.42. The maximum Gasteiger partial charge on any atom is 0.293 e. The largest absolute Gasteiger partial charge is 0.354 e. The van der Waals surface area contributed by atoms with Crippen LogP contribution < -0.4 is 5.32 Å². The summed E-state index contributed by atoms with van der Waals surface area (Å²) >= 11 is 0.949. The lowest BCUT2D eigenvalue weighted by Crippen LogP contribution is -2.39. The molecule has 0 unspecified atom stereocenters. The van der Waals surface area contributed by atoms with Crippen LogP contribution >= 0.6 is 11.8 Å². The minimum atomic E-state index is -0.286. The van der Waals surface area contributed by atoms with Gasteiger partial charge in [-0.15, -0.1) is 0 Å². The molecule has 132 valence electrons. The van der Waals surface area contributed by atoms with Crippen molar-refractivity contribution in [3.8, 4) is 0 Å². The zero-order chi connectivity index (χ0) is 17.6. The summed E-state index contributed by atoms with van der Waals surface area (Å²) in [6.07, 6.45) is 7.01. The van der Waals surface area contributed by atoms with Gasteiger partial charge in [0, 0.05) is 19.0 Å². The predicted molar refractivity (Wildman–Crippen MR) is 98.7 cm³/mol. The molecule has 0 atom stereocenters. The SMILES string of the molecule is O=C(NCCN1C(=O)S/C(=C\c2ccccc2)C1=O)C1CCCCC1. The number of rotatable bonds is 5. The Morgan fingerprint density at radius 1 is 1.16 bits per heavy atom. The first kappa shape index (κ1) is 17.7. The third-order valence-corrected chi connectivity index (χ3v) is 5.49. The number of carbonyl (C=O) groups is 3. The van der Waals surface area contributed by atoms with E-state index >= 15 is 0 Å². The van der Waals surface area contributed by atoms with Crippen molar-refractivity contribution in [1.82, 2.24) is 10.2 Å². The second-order valence-electron chi connectivity index (χ2n) is 6.37. The average Bonchev–Trinajstić information content (AvgIpc) is 2.90. The Balaban J connectivity index is 1.52. The van der Waals surface area contributed by atoms with Gasteiger partial charge in [-0.2, -0.15) is 0 Å². The lowest BCUT2D eigenvalue weighted by Gasteiger charge is -2.21. The first-order valence-electron chi connectivity index (χ1n) is 8.73. The molecule has 1 aliphatic carbocycles. The van der Waals surface area contributed by atoms with Gasteiger partial charge in [0.1, 0.15) is 0 Å². The summed E-state index contributed by atoms with van der Waals surface area (Å²) in [6.45, 7) is 0.529. The molecule has 1 saturated heterocycles. The van der Waals surface area contributed by atoms with Crippen molar-refractivity contribution in [2.24, 2.45) is 5.92 Å². The molecule has 0 spiro atoms. The molecule has 0 bridgehead atoms. The van der Waals surface area contributed by atoms with Crippen molar-refractivity contribution in [2.45, 2.75) is 32.1 Å². The zero-order valence-corrected chi connectivity index (χ0v) is 14.9. The van der Waals surface area contributed by atoms with E-state index in [1.165, 1.54) is 11.3 Å². The Morgan fingerprint density at radius 2 is 1.88 bits per heavy atom. The monoisotopic (exact) mass is 358 g/mol. The summed E-state index contributed by atoms with van der Waals surface area (Å²) in [7, 11) is 0. The molecule has 1 N–H and O–H groups in total. The second kappa shape index (κ2) is 8.34. The van der Waals surface area contributed by atoms with E-state index in [1.54, 1.807) is 6.08 Å². The molecular formula is C19H22N2O3S. The quantitative estimate of drug-likeness (QED) is 0.819. The van der Waals surface area contributed by atoms with Crippen LogP contribution in [0.15, 0.2) is 35.2 Å². The molecule has 1 aromatic rings. The Bertz CT molecular complexity index is 681. The molecule has 0 radical (unpaired) electrons. The molecule has 1 aromatic carbocycles. The third kappa shape index (κ3) is 4.51. The summed E-state index contributed by atoms with van der Waals surface area (Å²) in [5.41, 5.74) is 0.888. The van der Waals surface area contributed by atoms with Crippen LogP contribution in [0.5, 0.6) is 0 Å². The molecule has 0 aromatic heterocycles. The first-order valence-corrected chi connectivity index (χ1v) is 9.55. The number of carbonyl (C=O) groups excluding carboxylic acids is 3. The Kier molecular flexibility index (Phi) is 5.91. The highest BCUT2D eigenvalue weighted by Gasteiger charge is 2.34. The van der Waals surface area contributed by atoms with Crippen LogP contribution in [-0.4, -0.2) is 35.0 Å². The Morgan fingerprint density at radius 3 is 2.60 bits per heavy atom. The second-order valence-corrected chi connectivity index (χ2v) is 7.36. The molecule has 3 rings (SSSR count). The lowest BCUT2D eigenvalue weighted by atomic mass is 9.89. The highest BCUT2D eigenvalue weighted by atomic mass is 32.2. The molecule has 1 heterocycles. The molecule has 2 fully saturated rings. The maximum atomic E-state index is 12.4. The number of thioether (sulfide) groups is 1. The molecule has 5 nitrogen and oxygen atoms in total. The van der Waals surface area contributed by atoms with E-state index in [-0.39, 0.29) is 29.5 Å². The van der Waals surface area contributed by atoms with Crippen LogP contribution in [0.4, 0.5) is 4.79 Å². The van der Waals surface area contributed by atoms with Gasteiger partial charge in [-0.25, -0.2) is 0 Å². The number of imide groups is 1. The summed E-state index contributed by atoms with van der Waals surface area (Å²) in [6, 6.07) is 9.45. The summed E-state index contributed by atoms with van der Waals surface area (Å²) < 4.78 is 0. The highest BCUT2D eigenvalue weighted by molar-refractivity contribution is 8.18. The number of hydrogen-bond donors (Lipinski definition) is 1. The van der Waals surface area contributed by atoms with Crippen LogP contribution in [0.25, 0.3) is 6.08 Å². The molecule has 1 saturated carbocycles. The fourth-order valence-corrected chi connectivity index (χ4v) is 4.06. The standard InChI is InChI=1S/C19H22N2O3S/c22-17(15-9-5-2-6-10-15)20-11-12-21-18(23)16(25-19(21)24)13-14-7-3-1-4-8-14/h1,3-4,7-8,13,15H,2,5-6,9-12H2,(H,20,22)/b16-13-. The van der Waals surface area contributed by atoms with Crippen LogP contribution in [0.1, 0.15) is 37.7 Å². The van der Waals surface area contributed by atoms with Gasteiger partial charge in [0.2, 0.25) is 5.91 Å². The maximum absolute atomic E-state index is 12.4. The van der Waals surface area contributed by atoms with Gasteiger partial charge in [-0.1, -0.05) is 49.6 Å². The van der Waals surface area contributed by atoms with E-state index < -0.39 is 0 Å². The third-order valence-electron chi connectivity index (χ3n) is 4.58. The molecule has 25 heavy (non-hydrogen) atoms. The first-order chi connectivity index (χ1) is 12.1. The van der Waals surface area contributed by atoms with Crippen molar-refractivity contribution in [2.75, 3.05) is 13.1 Å². The zero-order valence-electron chi connectivity index (χ0n) is 14.1. The van der Waals surface area contributed by atoms with E-state index in [4.69, 9.17) is 0 Å². The molecule has 2 aliphatic rings. The average molecular weight is 358 g/mol. The van der Waals surface area contributed by atoms with E-state index in [9.17, 15) is 14.4 Å². The van der Waals surface area contributed by atoms with Crippen molar-refractivity contribution in [3.05, 3.63) is 40.8 Å². The Labute approximate surface area is 151 Å². The minimum absolute atomic E-state index is 0.0477. The van der Waals surface area contributed by atoms with Crippen molar-refractivity contribution >= 4 is 34.9 Å². The summed E-state index contributed by atoms with van der Waals surface area (Å²) in [4.78, 5) is 38.2. The lowest BCUT2D eigenvalue weighted by molar-refractivity contribution is -0.127. The number of hydrogen-bond acceptors (Lipinski definition) is 4. The van der Waals surface area contributed by atoms with Gasteiger partial charge >= 0.3 is 0 Å². The number of amides is 3. The smallest absolute Gasteiger partial charge is 0.293 e. The topological polar surface area (TPSA) is 66.5 Å². The van der Waals surface area contributed by atoms with Gasteiger partial charge in [0.15, 0.2) is 0 Å². The van der Waals surface area contributed by atoms with Gasteiger partial charge in [0.05, 0.1) is 4.91 Å². The van der Waals surface area contributed by atoms with E-state index in [2.05, 4.69) is 5.32 Å². The van der Waals surface area contributed by atoms with Gasteiger partial charge in [0.25, 0.3) is 11.1 Å². The summed E-state index contributed by atoms with van der Waals surface area (Å²) in [5, 5.41) is 2.59. The van der Waals surface area contributed by atoms with Crippen LogP contribution in [0, 0.1) is 5.92 Å². The van der Waals surface area contributed by atoms with Gasteiger partial charge in [-0.3, -0.25) is 19.3 Å². The van der Waals surface area contributed by atoms with Crippen molar-refractivity contribution < 1.29 is 14.4 Å². The van der Waals surface area contributed by atoms with Crippen LogP contribution in [-0.2, 0) is 9.59 Å². The van der Waals surface area contributed by atoms with Crippen molar-refractivity contribution in [1.29, 1.82) is 0 Å². The number of nitrogens with one attached hydrogen (secondary N) is 1. The highest BCUT2D eigenvalue weighted by Crippen LogP contribution is 2.31. The molecule has 1 aliphatic heterocycles. The molecule has 6 heteroatoms. The Hall–Kier alpha value is -2.08. The molecule has 3 amide bonds. The van der Waals surface area contributed by atoms with Crippen LogP contribution in [0.2, 0.25) is 0 Å². The minimum Gasteiger partial charge on any atom is -0.354 e. The van der Waals surface area contributed by atoms with Crippen molar-refractivity contribution in [3.63, 3.8) is 0 Å². The molecular weight excluding hydrogens is 336 g/mol. The number of nitrogens with zero attached hydrogens (tertiary/aromatic N) is 1. The number of benzene rings is 1. The van der Waals surface area contributed by atoms with E-state index in [0.29, 0.717) is 11.4 Å². The van der Waals surface area contributed by atoms with Gasteiger partial charge < -0.3 is 5.32 Å². The fraction of sp³-hybridized carbons (Fsp3) is 0.421. The van der Waals surface area contributed by atoms with E-state index in [0.717, 1.165) is 43.0 Å².